The third-order valence-corrected chi connectivity index (χ3v) is 2.78. The zero-order valence-electron chi connectivity index (χ0n) is 8.01. The summed E-state index contributed by atoms with van der Waals surface area (Å²) >= 11 is 0. The SMILES string of the molecule is C[C@@H]1CCNC[C@@H]1Nc1cc[nH]c1. The highest BCUT2D eigenvalue weighted by Gasteiger charge is 2.20. The maximum atomic E-state index is 3.52. The molecule has 2 heterocycles. The molecule has 1 aromatic rings. The van der Waals surface area contributed by atoms with Crippen molar-refractivity contribution >= 4 is 5.69 Å². The molecule has 3 nitrogen and oxygen atoms in total. The molecule has 0 spiro atoms. The Balaban J connectivity index is 1.93. The largest absolute Gasteiger partial charge is 0.380 e. The fourth-order valence-electron chi connectivity index (χ4n) is 1.81. The van der Waals surface area contributed by atoms with Crippen molar-refractivity contribution in [2.75, 3.05) is 18.4 Å². The van der Waals surface area contributed by atoms with Crippen LogP contribution in [0.25, 0.3) is 0 Å². The number of rotatable bonds is 2. The molecular weight excluding hydrogens is 162 g/mol. The van der Waals surface area contributed by atoms with Gasteiger partial charge in [-0.05, 0) is 24.9 Å². The molecule has 1 fully saturated rings. The van der Waals surface area contributed by atoms with Crippen molar-refractivity contribution in [1.82, 2.24) is 10.3 Å². The zero-order chi connectivity index (χ0) is 9.10. The molecule has 1 aliphatic rings. The molecule has 3 heteroatoms. The van der Waals surface area contributed by atoms with Crippen LogP contribution in [0.5, 0.6) is 0 Å². The van der Waals surface area contributed by atoms with Crippen LogP contribution < -0.4 is 10.6 Å². The lowest BCUT2D eigenvalue weighted by atomic mass is 9.95. The minimum atomic E-state index is 0.574. The van der Waals surface area contributed by atoms with Gasteiger partial charge < -0.3 is 15.6 Å². The molecule has 13 heavy (non-hydrogen) atoms. The lowest BCUT2D eigenvalue weighted by Crippen LogP contribution is -2.43. The molecule has 0 radical (unpaired) electrons. The van der Waals surface area contributed by atoms with Crippen molar-refractivity contribution in [3.05, 3.63) is 18.5 Å². The maximum Gasteiger partial charge on any atom is 0.0520 e. The Kier molecular flexibility index (Phi) is 2.54. The van der Waals surface area contributed by atoms with Gasteiger partial charge in [-0.3, -0.25) is 0 Å². The molecule has 0 aromatic carbocycles. The van der Waals surface area contributed by atoms with E-state index in [0.29, 0.717) is 6.04 Å². The van der Waals surface area contributed by atoms with E-state index in [9.17, 15) is 0 Å². The Hall–Kier alpha value is -0.960. The van der Waals surface area contributed by atoms with Gasteiger partial charge in [0.1, 0.15) is 0 Å². The summed E-state index contributed by atoms with van der Waals surface area (Å²) in [5, 5.41) is 6.92. The van der Waals surface area contributed by atoms with Gasteiger partial charge in [0, 0.05) is 25.0 Å². The number of anilines is 1. The second kappa shape index (κ2) is 3.83. The first kappa shape index (κ1) is 8.63. The van der Waals surface area contributed by atoms with Crippen LogP contribution in [0.2, 0.25) is 0 Å². The zero-order valence-corrected chi connectivity index (χ0v) is 8.01. The summed E-state index contributed by atoms with van der Waals surface area (Å²) in [7, 11) is 0. The van der Waals surface area contributed by atoms with Crippen molar-refractivity contribution in [2.24, 2.45) is 5.92 Å². The van der Waals surface area contributed by atoms with Gasteiger partial charge in [-0.15, -0.1) is 0 Å². The number of aromatic amines is 1. The number of aromatic nitrogens is 1. The van der Waals surface area contributed by atoms with Gasteiger partial charge in [0.05, 0.1) is 5.69 Å². The van der Waals surface area contributed by atoms with E-state index in [4.69, 9.17) is 0 Å². The van der Waals surface area contributed by atoms with Crippen LogP contribution in [-0.4, -0.2) is 24.1 Å². The fraction of sp³-hybridized carbons (Fsp3) is 0.600. The van der Waals surface area contributed by atoms with Gasteiger partial charge in [0.15, 0.2) is 0 Å². The molecule has 0 bridgehead atoms. The van der Waals surface area contributed by atoms with E-state index in [0.717, 1.165) is 19.0 Å². The molecular formula is C10H17N3. The van der Waals surface area contributed by atoms with E-state index in [1.165, 1.54) is 12.1 Å². The Labute approximate surface area is 78.9 Å². The summed E-state index contributed by atoms with van der Waals surface area (Å²) < 4.78 is 0. The smallest absolute Gasteiger partial charge is 0.0520 e. The van der Waals surface area contributed by atoms with Crippen molar-refractivity contribution in [2.45, 2.75) is 19.4 Å². The van der Waals surface area contributed by atoms with E-state index in [1.54, 1.807) is 0 Å². The monoisotopic (exact) mass is 179 g/mol. The summed E-state index contributed by atoms with van der Waals surface area (Å²) in [5.41, 5.74) is 1.19. The van der Waals surface area contributed by atoms with Crippen molar-refractivity contribution in [3.8, 4) is 0 Å². The van der Waals surface area contributed by atoms with E-state index < -0.39 is 0 Å². The molecule has 72 valence electrons. The molecule has 2 atom stereocenters. The van der Waals surface area contributed by atoms with E-state index in [2.05, 4.69) is 28.6 Å². The minimum absolute atomic E-state index is 0.574. The Morgan fingerprint density at radius 3 is 3.15 bits per heavy atom. The lowest BCUT2D eigenvalue weighted by Gasteiger charge is -2.30. The third kappa shape index (κ3) is 2.04. The van der Waals surface area contributed by atoms with Crippen LogP contribution in [0.15, 0.2) is 18.5 Å². The first-order valence-corrected chi connectivity index (χ1v) is 4.96. The Morgan fingerprint density at radius 2 is 2.46 bits per heavy atom. The molecule has 0 saturated carbocycles. The highest BCUT2D eigenvalue weighted by atomic mass is 15.0. The van der Waals surface area contributed by atoms with Crippen molar-refractivity contribution < 1.29 is 0 Å². The number of hydrogen-bond acceptors (Lipinski definition) is 2. The Bertz CT molecular complexity index is 243. The van der Waals surface area contributed by atoms with Gasteiger partial charge in [-0.1, -0.05) is 6.92 Å². The standard InChI is InChI=1S/C10H17N3/c1-8-2-4-12-7-10(8)13-9-3-5-11-6-9/h3,5-6,8,10-13H,2,4,7H2,1H3/t8-,10+/m1/s1. The van der Waals surface area contributed by atoms with Crippen molar-refractivity contribution in [3.63, 3.8) is 0 Å². The van der Waals surface area contributed by atoms with E-state index >= 15 is 0 Å². The van der Waals surface area contributed by atoms with Crippen LogP contribution in [-0.2, 0) is 0 Å². The minimum Gasteiger partial charge on any atom is -0.380 e. The van der Waals surface area contributed by atoms with Crippen LogP contribution >= 0.6 is 0 Å². The Morgan fingerprint density at radius 1 is 1.54 bits per heavy atom. The average molecular weight is 179 g/mol. The highest BCUT2D eigenvalue weighted by Crippen LogP contribution is 2.16. The molecule has 3 N–H and O–H groups in total. The second-order valence-corrected chi connectivity index (χ2v) is 3.82. The van der Waals surface area contributed by atoms with E-state index in [-0.39, 0.29) is 0 Å². The van der Waals surface area contributed by atoms with E-state index in [1.807, 2.05) is 12.4 Å². The predicted octanol–water partition coefficient (Wildman–Crippen LogP) is 1.42. The number of piperidine rings is 1. The predicted molar refractivity (Wildman–Crippen MR) is 54.9 cm³/mol. The van der Waals surface area contributed by atoms with Gasteiger partial charge in [-0.2, -0.15) is 0 Å². The van der Waals surface area contributed by atoms with Crippen LogP contribution in [0.1, 0.15) is 13.3 Å². The van der Waals surface area contributed by atoms with Crippen LogP contribution in [0.4, 0.5) is 5.69 Å². The molecule has 0 unspecified atom stereocenters. The first-order chi connectivity index (χ1) is 6.36. The highest BCUT2D eigenvalue weighted by molar-refractivity contribution is 5.41. The normalized spacial score (nSPS) is 28.7. The molecule has 0 aliphatic carbocycles. The topological polar surface area (TPSA) is 39.8 Å². The molecule has 1 aromatic heterocycles. The molecule has 2 rings (SSSR count). The van der Waals surface area contributed by atoms with Crippen molar-refractivity contribution in [1.29, 1.82) is 0 Å². The maximum absolute atomic E-state index is 3.52. The van der Waals surface area contributed by atoms with Crippen LogP contribution in [0, 0.1) is 5.92 Å². The number of hydrogen-bond donors (Lipinski definition) is 3. The van der Waals surface area contributed by atoms with Gasteiger partial charge in [-0.25, -0.2) is 0 Å². The summed E-state index contributed by atoms with van der Waals surface area (Å²) in [4.78, 5) is 3.05. The molecule has 1 aliphatic heterocycles. The fourth-order valence-corrected chi connectivity index (χ4v) is 1.81. The summed E-state index contributed by atoms with van der Waals surface area (Å²) in [5.74, 6) is 0.760. The lowest BCUT2D eigenvalue weighted by molar-refractivity contribution is 0.366. The average Bonchev–Trinajstić information content (AvgIpc) is 2.61. The second-order valence-electron chi connectivity index (χ2n) is 3.82. The number of nitrogens with one attached hydrogen (secondary N) is 3. The van der Waals surface area contributed by atoms with Gasteiger partial charge in [0.25, 0.3) is 0 Å². The quantitative estimate of drug-likeness (QED) is 0.642. The number of H-pyrrole nitrogens is 1. The third-order valence-electron chi connectivity index (χ3n) is 2.78. The van der Waals surface area contributed by atoms with Crippen LogP contribution in [0.3, 0.4) is 0 Å². The first-order valence-electron chi connectivity index (χ1n) is 4.96. The summed E-state index contributed by atoms with van der Waals surface area (Å²) in [6, 6.07) is 2.64. The summed E-state index contributed by atoms with van der Waals surface area (Å²) in [6.45, 7) is 4.55. The molecule has 0 amide bonds. The van der Waals surface area contributed by atoms with Gasteiger partial charge in [0.2, 0.25) is 0 Å². The van der Waals surface area contributed by atoms with Gasteiger partial charge >= 0.3 is 0 Å². The molecule has 1 saturated heterocycles. The summed E-state index contributed by atoms with van der Waals surface area (Å²) in [6.07, 6.45) is 5.21.